The number of carboxylic acid groups (broad SMARTS) is 1. The molecule has 0 aliphatic heterocycles. The van der Waals surface area contributed by atoms with Crippen LogP contribution in [0.5, 0.6) is 0 Å². The molecule has 4 rings (SSSR count). The maximum atomic E-state index is 12.4. The fourth-order valence-electron chi connectivity index (χ4n) is 3.04. The molecule has 0 saturated carbocycles. The highest BCUT2D eigenvalue weighted by Gasteiger charge is 2.38. The topological polar surface area (TPSA) is 137 Å². The molecule has 33 heavy (non-hydrogen) atoms. The maximum Gasteiger partial charge on any atom is 0.490 e. The maximum absolute atomic E-state index is 12.4. The molecule has 0 saturated heterocycles. The summed E-state index contributed by atoms with van der Waals surface area (Å²) >= 11 is 6.08. The average molecular weight is 478 g/mol. The number of carboxylic acids is 1. The summed E-state index contributed by atoms with van der Waals surface area (Å²) in [6, 6.07) is 15.0. The van der Waals surface area contributed by atoms with E-state index in [4.69, 9.17) is 33.0 Å². The molecule has 0 radical (unpaired) electrons. The van der Waals surface area contributed by atoms with Crippen molar-refractivity contribution in [1.29, 1.82) is 0 Å². The van der Waals surface area contributed by atoms with Gasteiger partial charge in [0, 0.05) is 28.2 Å². The summed E-state index contributed by atoms with van der Waals surface area (Å²) in [6.07, 6.45) is -1.64. The Morgan fingerprint density at radius 2 is 1.73 bits per heavy atom. The molecule has 1 amide bonds. The van der Waals surface area contributed by atoms with Gasteiger partial charge in [-0.2, -0.15) is 18.2 Å². The molecule has 0 atom stereocenters. The van der Waals surface area contributed by atoms with E-state index in [0.717, 1.165) is 27.5 Å². The third-order valence-electron chi connectivity index (χ3n) is 4.36. The minimum Gasteiger partial charge on any atom is -0.475 e. The van der Waals surface area contributed by atoms with Gasteiger partial charge in [-0.15, -0.1) is 0 Å². The summed E-state index contributed by atoms with van der Waals surface area (Å²) in [4.78, 5) is 29.4. The van der Waals surface area contributed by atoms with E-state index in [1.165, 1.54) is 0 Å². The molecule has 2 aromatic carbocycles. The molecule has 8 nitrogen and oxygen atoms in total. The monoisotopic (exact) mass is 477 g/mol. The van der Waals surface area contributed by atoms with Gasteiger partial charge in [0.1, 0.15) is 0 Å². The Kier molecular flexibility index (Phi) is 6.54. The van der Waals surface area contributed by atoms with Crippen LogP contribution >= 0.6 is 11.6 Å². The molecule has 0 aliphatic rings. The van der Waals surface area contributed by atoms with E-state index >= 15 is 0 Å². The van der Waals surface area contributed by atoms with Crippen LogP contribution in [-0.4, -0.2) is 38.7 Å². The number of aromatic nitrogens is 2. The summed E-state index contributed by atoms with van der Waals surface area (Å²) < 4.78 is 33.7. The molecular weight excluding hydrogens is 463 g/mol. The lowest BCUT2D eigenvalue weighted by molar-refractivity contribution is -0.192. The number of nitrogens with two attached hydrogens (primary N) is 2. The van der Waals surface area contributed by atoms with Gasteiger partial charge in [0.25, 0.3) is 5.91 Å². The number of alkyl halides is 3. The highest BCUT2D eigenvalue weighted by molar-refractivity contribution is 6.31. The van der Waals surface area contributed by atoms with E-state index in [-0.39, 0.29) is 5.96 Å². The number of nitrogens with zero attached hydrogens (tertiary/aromatic N) is 3. The number of carbonyl (C=O) groups excluding carboxylic acids is 1. The zero-order valence-electron chi connectivity index (χ0n) is 16.5. The Bertz CT molecular complexity index is 1400. The minimum atomic E-state index is -5.08. The van der Waals surface area contributed by atoms with Gasteiger partial charge in [-0.25, -0.2) is 4.79 Å². The lowest BCUT2D eigenvalue weighted by Crippen LogP contribution is -2.24. The van der Waals surface area contributed by atoms with Crippen molar-refractivity contribution < 1.29 is 27.9 Å². The molecule has 0 fully saturated rings. The highest BCUT2D eigenvalue weighted by Crippen LogP contribution is 2.30. The fourth-order valence-corrected chi connectivity index (χ4v) is 3.21. The lowest BCUT2D eigenvalue weighted by Gasteiger charge is -2.09. The predicted octanol–water partition coefficient (Wildman–Crippen LogP) is 3.88. The number of hydrogen-bond acceptors (Lipinski definition) is 3. The van der Waals surface area contributed by atoms with Crippen molar-refractivity contribution in [2.24, 2.45) is 16.5 Å². The van der Waals surface area contributed by atoms with Crippen LogP contribution in [-0.2, 0) is 4.79 Å². The van der Waals surface area contributed by atoms with Crippen molar-refractivity contribution in [2.75, 3.05) is 0 Å². The van der Waals surface area contributed by atoms with E-state index in [1.807, 2.05) is 47.0 Å². The summed E-state index contributed by atoms with van der Waals surface area (Å²) in [5, 5.41) is 9.42. The van der Waals surface area contributed by atoms with Crippen molar-refractivity contribution in [3.05, 3.63) is 71.5 Å². The number of aliphatic carboxylic acids is 1. The molecular formula is C21H15ClF3N5O3. The number of rotatable bonds is 2. The Balaban J connectivity index is 0.000000383. The second-order valence-electron chi connectivity index (χ2n) is 6.57. The Morgan fingerprint density at radius 1 is 1.06 bits per heavy atom. The van der Waals surface area contributed by atoms with Crippen LogP contribution in [0.4, 0.5) is 13.2 Å². The van der Waals surface area contributed by atoms with Gasteiger partial charge in [0.15, 0.2) is 5.96 Å². The SMILES string of the molecule is NC(N)=NC(=O)c1cn(-c2ccnc3cc(Cl)ccc23)c2ccccc12.O=C(O)C(F)(F)F. The van der Waals surface area contributed by atoms with Crippen LogP contribution in [0.15, 0.2) is 65.9 Å². The number of benzene rings is 2. The Morgan fingerprint density at radius 3 is 2.36 bits per heavy atom. The molecule has 2 aromatic heterocycles. The number of para-hydroxylation sites is 1. The Hall–Kier alpha value is -4.12. The first-order chi connectivity index (χ1) is 15.5. The van der Waals surface area contributed by atoms with Crippen LogP contribution in [0, 0.1) is 0 Å². The summed E-state index contributed by atoms with van der Waals surface area (Å²) in [5.41, 5.74) is 13.7. The molecule has 0 bridgehead atoms. The number of pyridine rings is 1. The van der Waals surface area contributed by atoms with Gasteiger partial charge in [-0.05, 0) is 30.3 Å². The van der Waals surface area contributed by atoms with Crippen molar-refractivity contribution in [3.63, 3.8) is 0 Å². The first-order valence-electron chi connectivity index (χ1n) is 9.08. The molecule has 12 heteroatoms. The molecule has 5 N–H and O–H groups in total. The standard InChI is InChI=1S/C19H14ClN5O.C2HF3O2/c20-11-5-6-13-15(9-11)23-8-7-17(13)25-10-14(18(26)24-19(21)22)12-3-1-2-4-16(12)25;3-2(4,5)1(6)7/h1-10H,(H4,21,22,24,26);(H,6,7). The molecule has 0 aliphatic carbocycles. The zero-order valence-corrected chi connectivity index (χ0v) is 17.3. The predicted molar refractivity (Wildman–Crippen MR) is 117 cm³/mol. The van der Waals surface area contributed by atoms with Crippen LogP contribution in [0.25, 0.3) is 27.5 Å². The number of carbonyl (C=O) groups is 2. The Labute approximate surface area is 188 Å². The van der Waals surface area contributed by atoms with E-state index in [9.17, 15) is 18.0 Å². The number of halogens is 4. The van der Waals surface area contributed by atoms with Gasteiger partial charge in [0.2, 0.25) is 0 Å². The summed E-state index contributed by atoms with van der Waals surface area (Å²) in [7, 11) is 0. The second kappa shape index (κ2) is 9.17. The van der Waals surface area contributed by atoms with Gasteiger partial charge in [-0.1, -0.05) is 29.8 Å². The van der Waals surface area contributed by atoms with E-state index in [1.54, 1.807) is 18.5 Å². The summed E-state index contributed by atoms with van der Waals surface area (Å²) in [5.74, 6) is -3.51. The third-order valence-corrected chi connectivity index (χ3v) is 4.59. The first kappa shape index (κ1) is 23.5. The zero-order chi connectivity index (χ0) is 24.3. The van der Waals surface area contributed by atoms with E-state index < -0.39 is 18.1 Å². The normalized spacial score (nSPS) is 11.0. The smallest absolute Gasteiger partial charge is 0.475 e. The molecule has 2 heterocycles. The van der Waals surface area contributed by atoms with E-state index in [0.29, 0.717) is 10.6 Å². The summed E-state index contributed by atoms with van der Waals surface area (Å²) in [6.45, 7) is 0. The fraction of sp³-hybridized carbons (Fsp3) is 0.0476. The number of fused-ring (bicyclic) bond motifs is 2. The van der Waals surface area contributed by atoms with Gasteiger partial charge in [0.05, 0.1) is 22.3 Å². The molecule has 4 aromatic rings. The molecule has 170 valence electrons. The quantitative estimate of drug-likeness (QED) is 0.296. The van der Waals surface area contributed by atoms with Gasteiger partial charge in [-0.3, -0.25) is 9.78 Å². The van der Waals surface area contributed by atoms with Gasteiger partial charge < -0.3 is 21.1 Å². The average Bonchev–Trinajstić information content (AvgIpc) is 3.12. The number of aliphatic imine (C=N–C) groups is 1. The molecule has 0 spiro atoms. The van der Waals surface area contributed by atoms with Crippen molar-refractivity contribution >= 4 is 51.2 Å². The van der Waals surface area contributed by atoms with Crippen LogP contribution < -0.4 is 11.5 Å². The largest absolute Gasteiger partial charge is 0.490 e. The van der Waals surface area contributed by atoms with Crippen LogP contribution in [0.3, 0.4) is 0 Å². The number of amides is 1. The minimum absolute atomic E-state index is 0.268. The lowest BCUT2D eigenvalue weighted by atomic mass is 10.1. The number of guanidine groups is 1. The van der Waals surface area contributed by atoms with E-state index in [2.05, 4.69) is 9.98 Å². The van der Waals surface area contributed by atoms with Crippen LogP contribution in [0.2, 0.25) is 5.02 Å². The van der Waals surface area contributed by atoms with Crippen molar-refractivity contribution in [2.45, 2.75) is 6.18 Å². The second-order valence-corrected chi connectivity index (χ2v) is 7.00. The van der Waals surface area contributed by atoms with Crippen molar-refractivity contribution in [3.8, 4) is 5.69 Å². The third kappa shape index (κ3) is 5.21. The first-order valence-corrected chi connectivity index (χ1v) is 9.45. The molecule has 0 unspecified atom stereocenters. The number of hydrogen-bond donors (Lipinski definition) is 3. The highest BCUT2D eigenvalue weighted by atomic mass is 35.5. The van der Waals surface area contributed by atoms with Crippen LogP contribution in [0.1, 0.15) is 10.4 Å². The van der Waals surface area contributed by atoms with Gasteiger partial charge >= 0.3 is 12.1 Å². The van der Waals surface area contributed by atoms with Crippen molar-refractivity contribution in [1.82, 2.24) is 9.55 Å².